The highest BCUT2D eigenvalue weighted by Gasteiger charge is 2.28. The van der Waals surface area contributed by atoms with E-state index in [1.165, 1.54) is 23.5 Å². The van der Waals surface area contributed by atoms with E-state index in [1.54, 1.807) is 11.3 Å². The predicted octanol–water partition coefficient (Wildman–Crippen LogP) is 2.24. The Labute approximate surface area is 102 Å². The van der Waals surface area contributed by atoms with E-state index in [0.29, 0.717) is 0 Å². The van der Waals surface area contributed by atoms with Crippen LogP contribution in [0.3, 0.4) is 0 Å². The molecular weight excluding hydrogens is 218 g/mol. The van der Waals surface area contributed by atoms with Gasteiger partial charge in [-0.1, -0.05) is 13.8 Å². The number of hydrogen-bond acceptors (Lipinski definition) is 4. The molecule has 1 saturated carbocycles. The summed E-state index contributed by atoms with van der Waals surface area (Å²) in [5.74, 6) is 0. The molecule has 0 saturated heterocycles. The highest BCUT2D eigenvalue weighted by atomic mass is 32.1. The Kier molecular flexibility index (Phi) is 4.32. The summed E-state index contributed by atoms with van der Waals surface area (Å²) in [6.07, 6.45) is 2.75. The molecule has 3 nitrogen and oxygen atoms in total. The molecule has 0 spiro atoms. The lowest BCUT2D eigenvalue weighted by atomic mass is 10.4. The minimum Gasteiger partial charge on any atom is -0.311 e. The van der Waals surface area contributed by atoms with Crippen LogP contribution in [0.2, 0.25) is 0 Å². The third-order valence-corrected chi connectivity index (χ3v) is 3.86. The van der Waals surface area contributed by atoms with Gasteiger partial charge in [0.05, 0.1) is 5.69 Å². The summed E-state index contributed by atoms with van der Waals surface area (Å²) in [7, 11) is 0. The summed E-state index contributed by atoms with van der Waals surface area (Å²) < 4.78 is 0. The Morgan fingerprint density at radius 3 is 2.94 bits per heavy atom. The minimum atomic E-state index is 0.837. The van der Waals surface area contributed by atoms with Crippen LogP contribution in [0.5, 0.6) is 0 Å². The third-order valence-electron chi connectivity index (χ3n) is 2.96. The van der Waals surface area contributed by atoms with Crippen molar-refractivity contribution in [3.8, 4) is 0 Å². The van der Waals surface area contributed by atoms with Gasteiger partial charge in [-0.15, -0.1) is 11.3 Å². The van der Waals surface area contributed by atoms with Crippen LogP contribution < -0.4 is 5.32 Å². The van der Waals surface area contributed by atoms with Crippen LogP contribution in [0.15, 0.2) is 5.38 Å². The summed E-state index contributed by atoms with van der Waals surface area (Å²) in [4.78, 5) is 7.19. The number of rotatable bonds is 7. The standard InChI is InChI=1S/C12H21N3S/c1-3-13-7-12-14-10(9-16-12)8-15(4-2)11-5-6-11/h9,11,13H,3-8H2,1-2H3. The molecule has 0 unspecified atom stereocenters. The average Bonchev–Trinajstić information content (AvgIpc) is 3.04. The molecule has 0 radical (unpaired) electrons. The van der Waals surface area contributed by atoms with Crippen molar-refractivity contribution in [2.75, 3.05) is 13.1 Å². The van der Waals surface area contributed by atoms with E-state index >= 15 is 0 Å². The van der Waals surface area contributed by atoms with Gasteiger partial charge in [0.2, 0.25) is 0 Å². The normalized spacial score (nSPS) is 15.9. The van der Waals surface area contributed by atoms with Crippen molar-refractivity contribution in [3.63, 3.8) is 0 Å². The number of aromatic nitrogens is 1. The van der Waals surface area contributed by atoms with Crippen molar-refractivity contribution in [1.29, 1.82) is 0 Å². The van der Waals surface area contributed by atoms with Gasteiger partial charge >= 0.3 is 0 Å². The van der Waals surface area contributed by atoms with Gasteiger partial charge in [-0.05, 0) is 25.9 Å². The minimum absolute atomic E-state index is 0.837. The number of hydrogen-bond donors (Lipinski definition) is 1. The molecule has 0 amide bonds. The topological polar surface area (TPSA) is 28.2 Å². The largest absolute Gasteiger partial charge is 0.311 e. The molecule has 1 aromatic heterocycles. The first-order valence-corrected chi connectivity index (χ1v) is 7.09. The molecule has 16 heavy (non-hydrogen) atoms. The van der Waals surface area contributed by atoms with Gasteiger partial charge in [-0.2, -0.15) is 0 Å². The van der Waals surface area contributed by atoms with Crippen molar-refractivity contribution in [3.05, 3.63) is 16.1 Å². The van der Waals surface area contributed by atoms with Gasteiger partial charge in [-0.25, -0.2) is 4.98 Å². The summed E-state index contributed by atoms with van der Waals surface area (Å²) in [5.41, 5.74) is 1.24. The SMILES string of the molecule is CCNCc1nc(CN(CC)C2CC2)cs1. The van der Waals surface area contributed by atoms with Gasteiger partial charge in [0.25, 0.3) is 0 Å². The average molecular weight is 239 g/mol. The third kappa shape index (κ3) is 3.27. The number of thiazole rings is 1. The smallest absolute Gasteiger partial charge is 0.107 e. The predicted molar refractivity (Wildman–Crippen MR) is 68.6 cm³/mol. The van der Waals surface area contributed by atoms with E-state index in [9.17, 15) is 0 Å². The number of nitrogens with zero attached hydrogens (tertiary/aromatic N) is 2. The van der Waals surface area contributed by atoms with Crippen LogP contribution in [0, 0.1) is 0 Å². The van der Waals surface area contributed by atoms with Crippen LogP contribution in [0.1, 0.15) is 37.4 Å². The summed E-state index contributed by atoms with van der Waals surface area (Å²) in [5, 5.41) is 6.73. The quantitative estimate of drug-likeness (QED) is 0.791. The molecule has 1 heterocycles. The van der Waals surface area contributed by atoms with E-state index in [0.717, 1.165) is 32.2 Å². The maximum Gasteiger partial charge on any atom is 0.107 e. The van der Waals surface area contributed by atoms with Crippen molar-refractivity contribution < 1.29 is 0 Å². The molecule has 0 aliphatic heterocycles. The fraction of sp³-hybridized carbons (Fsp3) is 0.750. The fourth-order valence-electron chi connectivity index (χ4n) is 1.88. The molecule has 0 atom stereocenters. The second kappa shape index (κ2) is 5.75. The molecule has 0 aromatic carbocycles. The molecule has 4 heteroatoms. The van der Waals surface area contributed by atoms with Crippen LogP contribution in [-0.4, -0.2) is 29.0 Å². The van der Waals surface area contributed by atoms with Gasteiger partial charge < -0.3 is 5.32 Å². The Bertz CT molecular complexity index is 320. The second-order valence-electron chi connectivity index (χ2n) is 4.31. The van der Waals surface area contributed by atoms with Gasteiger partial charge in [0.15, 0.2) is 0 Å². The molecule has 0 bridgehead atoms. The zero-order chi connectivity index (χ0) is 11.4. The molecule has 1 aliphatic carbocycles. The Balaban J connectivity index is 1.85. The molecule has 1 aliphatic rings. The maximum atomic E-state index is 4.66. The zero-order valence-corrected chi connectivity index (χ0v) is 11.0. The molecule has 90 valence electrons. The molecule has 2 rings (SSSR count). The highest BCUT2D eigenvalue weighted by molar-refractivity contribution is 7.09. The number of nitrogens with one attached hydrogen (secondary N) is 1. The fourth-order valence-corrected chi connectivity index (χ4v) is 2.64. The lowest BCUT2D eigenvalue weighted by Crippen LogP contribution is -2.25. The van der Waals surface area contributed by atoms with Crippen molar-refractivity contribution in [2.24, 2.45) is 0 Å². The van der Waals surface area contributed by atoms with Crippen molar-refractivity contribution in [2.45, 2.75) is 45.8 Å². The Morgan fingerprint density at radius 2 is 2.31 bits per heavy atom. The molecule has 1 aromatic rings. The van der Waals surface area contributed by atoms with Gasteiger partial charge in [0, 0.05) is 24.5 Å². The summed E-state index contributed by atoms with van der Waals surface area (Å²) >= 11 is 1.77. The van der Waals surface area contributed by atoms with Crippen LogP contribution in [-0.2, 0) is 13.1 Å². The van der Waals surface area contributed by atoms with E-state index in [1.807, 2.05) is 0 Å². The van der Waals surface area contributed by atoms with Crippen molar-refractivity contribution in [1.82, 2.24) is 15.2 Å². The molecular formula is C12H21N3S. The van der Waals surface area contributed by atoms with Crippen LogP contribution in [0.25, 0.3) is 0 Å². The monoisotopic (exact) mass is 239 g/mol. The first-order chi connectivity index (χ1) is 7.83. The first kappa shape index (κ1) is 12.0. The van der Waals surface area contributed by atoms with Gasteiger partial charge in [-0.3, -0.25) is 4.90 Å². The van der Waals surface area contributed by atoms with E-state index in [4.69, 9.17) is 0 Å². The lowest BCUT2D eigenvalue weighted by molar-refractivity contribution is 0.266. The van der Waals surface area contributed by atoms with Gasteiger partial charge in [0.1, 0.15) is 5.01 Å². The highest BCUT2D eigenvalue weighted by Crippen LogP contribution is 2.28. The Morgan fingerprint density at radius 1 is 1.50 bits per heavy atom. The van der Waals surface area contributed by atoms with E-state index in [2.05, 4.69) is 34.4 Å². The van der Waals surface area contributed by atoms with Crippen molar-refractivity contribution >= 4 is 11.3 Å². The molecule has 1 N–H and O–H groups in total. The maximum absolute atomic E-state index is 4.66. The molecule has 1 fully saturated rings. The Hall–Kier alpha value is -0.450. The summed E-state index contributed by atoms with van der Waals surface area (Å²) in [6.45, 7) is 8.47. The second-order valence-corrected chi connectivity index (χ2v) is 5.25. The zero-order valence-electron chi connectivity index (χ0n) is 10.2. The summed E-state index contributed by atoms with van der Waals surface area (Å²) in [6, 6.07) is 0.837. The van der Waals surface area contributed by atoms with Crippen LogP contribution in [0.4, 0.5) is 0 Å². The van der Waals surface area contributed by atoms with Crippen LogP contribution >= 0.6 is 11.3 Å². The van der Waals surface area contributed by atoms with E-state index < -0.39 is 0 Å². The lowest BCUT2D eigenvalue weighted by Gasteiger charge is -2.17. The van der Waals surface area contributed by atoms with E-state index in [-0.39, 0.29) is 0 Å². The first-order valence-electron chi connectivity index (χ1n) is 6.21.